The van der Waals surface area contributed by atoms with Crippen molar-refractivity contribution in [1.82, 2.24) is 25.6 Å². The predicted octanol–water partition coefficient (Wildman–Crippen LogP) is 2.13. The van der Waals surface area contributed by atoms with Gasteiger partial charge in [-0.15, -0.1) is 5.10 Å². The van der Waals surface area contributed by atoms with E-state index in [2.05, 4.69) is 20.9 Å². The van der Waals surface area contributed by atoms with Crippen LogP contribution >= 0.6 is 0 Å². The molecule has 1 heterocycles. The second-order valence-corrected chi connectivity index (χ2v) is 6.56. The minimum atomic E-state index is -4.45. The molecule has 0 radical (unpaired) electrons. The minimum Gasteiger partial charge on any atom is -0.383 e. The van der Waals surface area contributed by atoms with E-state index in [0.717, 1.165) is 25.0 Å². The van der Waals surface area contributed by atoms with Crippen LogP contribution in [0.2, 0.25) is 0 Å². The molecule has 3 rings (SSSR count). The van der Waals surface area contributed by atoms with Gasteiger partial charge in [-0.1, -0.05) is 11.3 Å². The first-order chi connectivity index (χ1) is 13.4. The molecular formula is C18H22F3N5O2. The van der Waals surface area contributed by atoms with Crippen molar-refractivity contribution in [3.8, 4) is 5.69 Å². The number of amides is 1. The Morgan fingerprint density at radius 2 is 2.07 bits per heavy atom. The number of nitrogens with zero attached hydrogens (tertiary/aromatic N) is 3. The molecule has 0 spiro atoms. The number of ether oxygens (including phenoxy) is 1. The number of halogens is 3. The van der Waals surface area contributed by atoms with Crippen LogP contribution in [0.4, 0.5) is 13.2 Å². The number of benzene rings is 1. The van der Waals surface area contributed by atoms with Crippen molar-refractivity contribution in [2.45, 2.75) is 24.9 Å². The number of carbonyl (C=O) groups excluding carboxylic acids is 1. The van der Waals surface area contributed by atoms with E-state index in [4.69, 9.17) is 4.74 Å². The number of hydrogen-bond donors (Lipinski definition) is 2. The summed E-state index contributed by atoms with van der Waals surface area (Å²) < 4.78 is 45.3. The maximum Gasteiger partial charge on any atom is 0.416 e. The Morgan fingerprint density at radius 1 is 1.29 bits per heavy atom. The molecule has 0 unspecified atom stereocenters. The summed E-state index contributed by atoms with van der Waals surface area (Å²) in [6, 6.07) is 4.86. The van der Waals surface area contributed by atoms with Crippen molar-refractivity contribution >= 4 is 5.91 Å². The first kappa shape index (κ1) is 20.3. The predicted molar refractivity (Wildman–Crippen MR) is 95.4 cm³/mol. The Morgan fingerprint density at radius 3 is 2.75 bits per heavy atom. The third-order valence-electron chi connectivity index (χ3n) is 4.37. The van der Waals surface area contributed by atoms with Gasteiger partial charge in [0.2, 0.25) is 0 Å². The van der Waals surface area contributed by atoms with Gasteiger partial charge in [-0.3, -0.25) is 4.79 Å². The summed E-state index contributed by atoms with van der Waals surface area (Å²) >= 11 is 0. The maximum absolute atomic E-state index is 13.0. The van der Waals surface area contributed by atoms with Crippen molar-refractivity contribution in [1.29, 1.82) is 0 Å². The Hall–Kier alpha value is -2.46. The Kier molecular flexibility index (Phi) is 6.30. The Bertz CT molecular complexity index is 818. The molecule has 152 valence electrons. The molecule has 0 atom stereocenters. The quantitative estimate of drug-likeness (QED) is 0.634. The van der Waals surface area contributed by atoms with Crippen molar-refractivity contribution in [3.63, 3.8) is 0 Å². The van der Waals surface area contributed by atoms with Crippen LogP contribution < -0.4 is 10.6 Å². The highest BCUT2D eigenvalue weighted by Crippen LogP contribution is 2.42. The van der Waals surface area contributed by atoms with Gasteiger partial charge in [0.1, 0.15) is 0 Å². The van der Waals surface area contributed by atoms with Crippen molar-refractivity contribution in [2.24, 2.45) is 0 Å². The molecule has 0 aliphatic heterocycles. The van der Waals surface area contributed by atoms with Gasteiger partial charge >= 0.3 is 6.18 Å². The van der Waals surface area contributed by atoms with E-state index in [1.807, 2.05) is 0 Å². The fourth-order valence-corrected chi connectivity index (χ4v) is 2.83. The van der Waals surface area contributed by atoms with Crippen LogP contribution in [-0.2, 0) is 10.9 Å². The normalized spacial score (nSPS) is 14.3. The summed E-state index contributed by atoms with van der Waals surface area (Å²) in [7, 11) is 1.61. The molecule has 1 aliphatic carbocycles. The van der Waals surface area contributed by atoms with Crippen LogP contribution in [0.5, 0.6) is 0 Å². The average Bonchev–Trinajstić information content (AvgIpc) is 3.41. The summed E-state index contributed by atoms with van der Waals surface area (Å²) in [4.78, 5) is 12.5. The fraction of sp³-hybridized carbons (Fsp3) is 0.500. The number of aromatic nitrogens is 3. The number of methoxy groups -OCH3 is 1. The lowest BCUT2D eigenvalue weighted by molar-refractivity contribution is -0.137. The molecule has 1 aromatic carbocycles. The molecule has 0 saturated heterocycles. The van der Waals surface area contributed by atoms with E-state index in [1.165, 1.54) is 16.8 Å². The minimum absolute atomic E-state index is 0.0742. The highest BCUT2D eigenvalue weighted by Gasteiger charge is 2.35. The molecule has 1 aromatic heterocycles. The summed E-state index contributed by atoms with van der Waals surface area (Å²) in [5.74, 6) is -0.307. The lowest BCUT2D eigenvalue weighted by Crippen LogP contribution is -2.33. The molecule has 2 N–H and O–H groups in total. The lowest BCUT2D eigenvalue weighted by atomic mass is 10.1. The van der Waals surface area contributed by atoms with E-state index < -0.39 is 11.7 Å². The number of rotatable bonds is 9. The molecule has 0 bridgehead atoms. The second kappa shape index (κ2) is 8.70. The highest BCUT2D eigenvalue weighted by molar-refractivity contribution is 5.93. The van der Waals surface area contributed by atoms with Gasteiger partial charge in [-0.05, 0) is 31.0 Å². The van der Waals surface area contributed by atoms with Crippen LogP contribution in [0.15, 0.2) is 24.3 Å². The van der Waals surface area contributed by atoms with E-state index in [9.17, 15) is 18.0 Å². The SMILES string of the molecule is COCCNCCNC(=O)c1nnn(-c2cccc(C(F)(F)F)c2)c1C1CC1. The van der Waals surface area contributed by atoms with Crippen LogP contribution in [0.3, 0.4) is 0 Å². The third kappa shape index (κ3) is 4.87. The van der Waals surface area contributed by atoms with Crippen LogP contribution in [0.25, 0.3) is 5.69 Å². The second-order valence-electron chi connectivity index (χ2n) is 6.56. The number of nitrogens with one attached hydrogen (secondary N) is 2. The van der Waals surface area contributed by atoms with Gasteiger partial charge < -0.3 is 15.4 Å². The van der Waals surface area contributed by atoms with Crippen molar-refractivity contribution < 1.29 is 22.7 Å². The van der Waals surface area contributed by atoms with Crippen molar-refractivity contribution in [2.75, 3.05) is 33.4 Å². The monoisotopic (exact) mass is 397 g/mol. The van der Waals surface area contributed by atoms with E-state index in [1.54, 1.807) is 7.11 Å². The topological polar surface area (TPSA) is 81.1 Å². The van der Waals surface area contributed by atoms with Crippen LogP contribution in [0, 0.1) is 0 Å². The molecule has 1 fully saturated rings. The van der Waals surface area contributed by atoms with Crippen LogP contribution in [-0.4, -0.2) is 54.3 Å². The Labute approximate surface area is 160 Å². The van der Waals surface area contributed by atoms with Crippen molar-refractivity contribution in [3.05, 3.63) is 41.2 Å². The van der Waals surface area contributed by atoms with E-state index in [-0.39, 0.29) is 23.2 Å². The van der Waals surface area contributed by atoms with Gasteiger partial charge in [0, 0.05) is 32.7 Å². The van der Waals surface area contributed by atoms with Gasteiger partial charge in [0.15, 0.2) is 5.69 Å². The maximum atomic E-state index is 13.0. The summed E-state index contributed by atoms with van der Waals surface area (Å²) in [6.07, 6.45) is -2.75. The summed E-state index contributed by atoms with van der Waals surface area (Å²) in [6.45, 7) is 2.20. The fourth-order valence-electron chi connectivity index (χ4n) is 2.83. The smallest absolute Gasteiger partial charge is 0.383 e. The average molecular weight is 397 g/mol. The van der Waals surface area contributed by atoms with Gasteiger partial charge in [-0.25, -0.2) is 4.68 Å². The number of carbonyl (C=O) groups is 1. The largest absolute Gasteiger partial charge is 0.416 e. The molecule has 1 aliphatic rings. The van der Waals surface area contributed by atoms with Gasteiger partial charge in [0.05, 0.1) is 23.6 Å². The molecule has 28 heavy (non-hydrogen) atoms. The van der Waals surface area contributed by atoms with E-state index >= 15 is 0 Å². The zero-order valence-corrected chi connectivity index (χ0v) is 15.4. The summed E-state index contributed by atoms with van der Waals surface area (Å²) in [5, 5.41) is 13.8. The highest BCUT2D eigenvalue weighted by atomic mass is 19.4. The Balaban J connectivity index is 1.75. The molecule has 10 heteroatoms. The molecule has 1 amide bonds. The van der Waals surface area contributed by atoms with Crippen LogP contribution in [0.1, 0.15) is 40.5 Å². The molecule has 7 nitrogen and oxygen atoms in total. The standard InChI is InChI=1S/C18H22F3N5O2/c1-28-10-9-22-7-8-23-17(27)15-16(12-5-6-12)26(25-24-15)14-4-2-3-13(11-14)18(19,20)21/h2-4,11-12,22H,5-10H2,1H3,(H,23,27). The molecule has 2 aromatic rings. The number of alkyl halides is 3. The zero-order valence-electron chi connectivity index (χ0n) is 15.4. The number of hydrogen-bond acceptors (Lipinski definition) is 5. The first-order valence-corrected chi connectivity index (χ1v) is 9.03. The lowest BCUT2D eigenvalue weighted by Gasteiger charge is -2.11. The van der Waals surface area contributed by atoms with Gasteiger partial charge in [-0.2, -0.15) is 13.2 Å². The zero-order chi connectivity index (χ0) is 20.1. The van der Waals surface area contributed by atoms with Gasteiger partial charge in [0.25, 0.3) is 5.91 Å². The third-order valence-corrected chi connectivity index (χ3v) is 4.37. The molecule has 1 saturated carbocycles. The first-order valence-electron chi connectivity index (χ1n) is 9.03. The summed E-state index contributed by atoms with van der Waals surface area (Å²) in [5.41, 5.74) is 0.195. The molecular weight excluding hydrogens is 375 g/mol. The van der Waals surface area contributed by atoms with E-state index in [0.29, 0.717) is 31.9 Å².